The highest BCUT2D eigenvalue weighted by molar-refractivity contribution is 6.30. The summed E-state index contributed by atoms with van der Waals surface area (Å²) in [4.78, 5) is 40.4. The van der Waals surface area contributed by atoms with E-state index in [1.165, 1.54) is 30.3 Å². The quantitative estimate of drug-likeness (QED) is 0.262. The smallest absolute Gasteiger partial charge is 0.305 e. The molecule has 206 valence electrons. The van der Waals surface area contributed by atoms with Gasteiger partial charge >= 0.3 is 5.97 Å². The zero-order valence-electron chi connectivity index (χ0n) is 21.1. The van der Waals surface area contributed by atoms with Gasteiger partial charge in [-0.25, -0.2) is 9.38 Å². The fraction of sp³-hybridized carbons (Fsp3) is 0.360. The number of aromatic hydroxyl groups is 2. The molecular formula is C25H31ClFN5O6. The molecule has 2 amide bonds. The zero-order chi connectivity index (χ0) is 28.4. The summed E-state index contributed by atoms with van der Waals surface area (Å²) in [5.74, 6) is -2.78. The van der Waals surface area contributed by atoms with Crippen molar-refractivity contribution in [1.29, 1.82) is 0 Å². The Hall–Kier alpha value is -4.06. The van der Waals surface area contributed by atoms with Crippen molar-refractivity contribution in [2.24, 2.45) is 4.99 Å². The van der Waals surface area contributed by atoms with Crippen molar-refractivity contribution in [3.8, 4) is 11.5 Å². The minimum absolute atomic E-state index is 0.0218. The van der Waals surface area contributed by atoms with Crippen LogP contribution in [0.5, 0.6) is 11.5 Å². The maximum Gasteiger partial charge on any atom is 0.305 e. The molecule has 3 rings (SSSR count). The molecule has 0 saturated carbocycles. The van der Waals surface area contributed by atoms with Crippen LogP contribution in [0.4, 0.5) is 10.1 Å². The number of hydrogen-bond donors (Lipinski definition) is 7. The lowest BCUT2D eigenvalue weighted by atomic mass is 10.00. The molecule has 1 unspecified atom stereocenters. The van der Waals surface area contributed by atoms with Gasteiger partial charge in [-0.15, -0.1) is 0 Å². The van der Waals surface area contributed by atoms with E-state index in [1.54, 1.807) is 6.92 Å². The first-order chi connectivity index (χ1) is 18.0. The van der Waals surface area contributed by atoms with Gasteiger partial charge in [0.25, 0.3) is 5.91 Å². The molecule has 2 aromatic rings. The number of carboxylic acids is 1. The van der Waals surface area contributed by atoms with Gasteiger partial charge in [-0.1, -0.05) is 25.4 Å². The van der Waals surface area contributed by atoms with Gasteiger partial charge in [0.05, 0.1) is 32.1 Å². The standard InChI is InChI=1S/C23H25ClFN5O6.C2H6/c1-11-2-13(24)5-17(21(11)35)18(7-20(33)34)30-19(32)10-26-22(36)12-3-15(6-16(31)4-12)29-23-27-8-14(25)9-28-23;1-2/h2-6,14,18,31,35H,7-10H2,1H3,(H,26,36)(H,30,32)(H,33,34)(H2,27,28,29);1-2H3/t18-;/m1./s1. The molecule has 38 heavy (non-hydrogen) atoms. The minimum atomic E-state index is -1.22. The van der Waals surface area contributed by atoms with Crippen LogP contribution in [0.25, 0.3) is 0 Å². The van der Waals surface area contributed by atoms with Crippen molar-refractivity contribution in [2.45, 2.75) is 39.4 Å². The molecule has 0 aliphatic carbocycles. The molecule has 11 nitrogen and oxygen atoms in total. The Kier molecular flexibility index (Phi) is 11.1. The van der Waals surface area contributed by atoms with E-state index in [1.807, 2.05) is 13.8 Å². The summed E-state index contributed by atoms with van der Waals surface area (Å²) in [6.07, 6.45) is -1.63. The highest BCUT2D eigenvalue weighted by Gasteiger charge is 2.23. The molecule has 2 atom stereocenters. The number of halogens is 2. The molecule has 13 heteroatoms. The summed E-state index contributed by atoms with van der Waals surface area (Å²) in [6.45, 7) is 5.12. The lowest BCUT2D eigenvalue weighted by Crippen LogP contribution is -2.41. The van der Waals surface area contributed by atoms with E-state index in [4.69, 9.17) is 11.6 Å². The van der Waals surface area contributed by atoms with Crippen LogP contribution >= 0.6 is 11.6 Å². The highest BCUT2D eigenvalue weighted by atomic mass is 35.5. The number of carboxylic acid groups (broad SMARTS) is 1. The summed E-state index contributed by atoms with van der Waals surface area (Å²) < 4.78 is 13.2. The van der Waals surface area contributed by atoms with Crippen molar-refractivity contribution in [3.05, 3.63) is 52.0 Å². The third-order valence-electron chi connectivity index (χ3n) is 5.17. The normalized spacial score (nSPS) is 15.1. The number of guanidine groups is 1. The maximum absolute atomic E-state index is 13.2. The number of amides is 2. The van der Waals surface area contributed by atoms with E-state index >= 15 is 0 Å². The number of aryl methyl sites for hydroxylation is 1. The first-order valence-electron chi connectivity index (χ1n) is 11.8. The summed E-state index contributed by atoms with van der Waals surface area (Å²) >= 11 is 6.02. The van der Waals surface area contributed by atoms with Gasteiger partial charge in [0.1, 0.15) is 17.7 Å². The predicted molar refractivity (Wildman–Crippen MR) is 142 cm³/mol. The number of alkyl halides is 1. The SMILES string of the molecule is CC.Cc1cc(Cl)cc([C@@H](CC(=O)O)NC(=O)CNC(=O)c2cc(O)cc(NC3=NCC(F)CN3)c2)c1O. The molecule has 1 heterocycles. The van der Waals surface area contributed by atoms with Crippen LogP contribution in [0.15, 0.2) is 35.3 Å². The number of aliphatic carboxylic acids is 1. The van der Waals surface area contributed by atoms with Gasteiger partial charge in [-0.05, 0) is 36.8 Å². The second-order valence-electron chi connectivity index (χ2n) is 8.12. The molecule has 2 aromatic carbocycles. The predicted octanol–water partition coefficient (Wildman–Crippen LogP) is 2.86. The minimum Gasteiger partial charge on any atom is -0.508 e. The van der Waals surface area contributed by atoms with Gasteiger partial charge in [-0.3, -0.25) is 14.4 Å². The fourth-order valence-corrected chi connectivity index (χ4v) is 3.78. The molecular weight excluding hydrogens is 521 g/mol. The summed E-state index contributed by atoms with van der Waals surface area (Å²) in [7, 11) is 0. The highest BCUT2D eigenvalue weighted by Crippen LogP contribution is 2.32. The Morgan fingerprint density at radius 1 is 1.18 bits per heavy atom. The molecule has 0 aromatic heterocycles. The monoisotopic (exact) mass is 551 g/mol. The number of nitrogens with one attached hydrogen (secondary N) is 4. The third-order valence-corrected chi connectivity index (χ3v) is 5.39. The van der Waals surface area contributed by atoms with Crippen molar-refractivity contribution >= 4 is 41.0 Å². The van der Waals surface area contributed by atoms with Crippen LogP contribution in [0.1, 0.15) is 47.8 Å². The number of aliphatic imine (C=N–C) groups is 1. The van der Waals surface area contributed by atoms with Crippen molar-refractivity contribution in [2.75, 3.05) is 25.0 Å². The number of carbonyl (C=O) groups excluding carboxylic acids is 2. The molecule has 1 aliphatic heterocycles. The molecule has 0 saturated heterocycles. The van der Waals surface area contributed by atoms with E-state index in [0.29, 0.717) is 11.3 Å². The van der Waals surface area contributed by atoms with Crippen molar-refractivity contribution in [3.63, 3.8) is 0 Å². The van der Waals surface area contributed by atoms with Gasteiger partial charge in [0.15, 0.2) is 5.96 Å². The maximum atomic E-state index is 13.2. The van der Waals surface area contributed by atoms with Gasteiger partial charge in [-0.2, -0.15) is 0 Å². The molecule has 0 spiro atoms. The largest absolute Gasteiger partial charge is 0.508 e. The average Bonchev–Trinajstić information content (AvgIpc) is 2.86. The van der Waals surface area contributed by atoms with Crippen molar-refractivity contribution < 1.29 is 34.1 Å². The summed E-state index contributed by atoms with van der Waals surface area (Å²) in [6, 6.07) is 5.67. The van der Waals surface area contributed by atoms with Crippen LogP contribution in [0.3, 0.4) is 0 Å². The third kappa shape index (κ3) is 8.80. The van der Waals surface area contributed by atoms with Gasteiger partial charge < -0.3 is 36.6 Å². The van der Waals surface area contributed by atoms with E-state index < -0.39 is 43.0 Å². The van der Waals surface area contributed by atoms with Crippen LogP contribution in [0.2, 0.25) is 5.02 Å². The van der Waals surface area contributed by atoms with Gasteiger partial charge in [0.2, 0.25) is 5.91 Å². The fourth-order valence-electron chi connectivity index (χ4n) is 3.50. The van der Waals surface area contributed by atoms with E-state index in [2.05, 4.69) is 26.3 Å². The zero-order valence-corrected chi connectivity index (χ0v) is 21.9. The average molecular weight is 552 g/mol. The Morgan fingerprint density at radius 3 is 2.53 bits per heavy atom. The Bertz CT molecular complexity index is 1210. The first kappa shape index (κ1) is 30.2. The number of anilines is 1. The van der Waals surface area contributed by atoms with Crippen LogP contribution in [-0.4, -0.2) is 64.9 Å². The number of rotatable bonds is 8. The number of benzene rings is 2. The molecule has 7 N–H and O–H groups in total. The molecule has 0 bridgehead atoms. The molecule has 0 fully saturated rings. The number of phenols is 2. The number of phenolic OH excluding ortho intramolecular Hbond substituents is 2. The number of hydrogen-bond acceptors (Lipinski definition) is 8. The Morgan fingerprint density at radius 2 is 1.89 bits per heavy atom. The summed E-state index contributed by atoms with van der Waals surface area (Å²) in [5, 5.41) is 40.3. The first-order valence-corrected chi connectivity index (χ1v) is 12.2. The van der Waals surface area contributed by atoms with Crippen molar-refractivity contribution in [1.82, 2.24) is 16.0 Å². The Labute approximate surface area is 224 Å². The van der Waals surface area contributed by atoms with Crippen LogP contribution in [0, 0.1) is 6.92 Å². The lowest BCUT2D eigenvalue weighted by Gasteiger charge is -2.20. The number of carbonyl (C=O) groups is 3. The van der Waals surface area contributed by atoms with Crippen LogP contribution in [-0.2, 0) is 9.59 Å². The number of nitrogens with zero attached hydrogens (tertiary/aromatic N) is 1. The second-order valence-corrected chi connectivity index (χ2v) is 8.56. The summed E-state index contributed by atoms with van der Waals surface area (Å²) in [5.41, 5.74) is 0.864. The van der Waals surface area contributed by atoms with E-state index in [-0.39, 0.29) is 46.7 Å². The topological polar surface area (TPSA) is 172 Å². The van der Waals surface area contributed by atoms with E-state index in [9.17, 15) is 34.1 Å². The lowest BCUT2D eigenvalue weighted by molar-refractivity contribution is -0.137. The molecule has 1 aliphatic rings. The van der Waals surface area contributed by atoms with E-state index in [0.717, 1.165) is 0 Å². The molecule has 0 radical (unpaired) electrons. The Balaban J connectivity index is 0.00000247. The van der Waals surface area contributed by atoms with Crippen LogP contribution < -0.4 is 21.3 Å². The van der Waals surface area contributed by atoms with Gasteiger partial charge in [0, 0.05) is 27.9 Å². The second kappa shape index (κ2) is 14.0.